The van der Waals surface area contributed by atoms with E-state index in [1.165, 1.54) is 5.56 Å². The summed E-state index contributed by atoms with van der Waals surface area (Å²) in [5, 5.41) is 0. The van der Waals surface area contributed by atoms with Gasteiger partial charge in [0, 0.05) is 26.2 Å². The number of benzene rings is 1. The van der Waals surface area contributed by atoms with Gasteiger partial charge < -0.3 is 15.5 Å². The molecule has 2 aliphatic rings. The maximum absolute atomic E-state index is 12.3. The lowest BCUT2D eigenvalue weighted by Crippen LogP contribution is -2.55. The summed E-state index contributed by atoms with van der Waals surface area (Å²) < 4.78 is 0. The van der Waals surface area contributed by atoms with Crippen LogP contribution in [0.25, 0.3) is 0 Å². The van der Waals surface area contributed by atoms with E-state index in [-0.39, 0.29) is 24.2 Å². The average molecular weight is 338 g/mol. The first-order chi connectivity index (χ1) is 10.5. The smallest absolute Gasteiger partial charge is 0.242 e. The van der Waals surface area contributed by atoms with E-state index in [0.29, 0.717) is 32.6 Å². The molecule has 1 saturated heterocycles. The molecule has 0 aromatic heterocycles. The van der Waals surface area contributed by atoms with Gasteiger partial charge in [-0.05, 0) is 25.3 Å². The third kappa shape index (κ3) is 4.03. The number of hydrogen-bond acceptors (Lipinski definition) is 3. The maximum Gasteiger partial charge on any atom is 0.242 e. The Morgan fingerprint density at radius 2 is 1.57 bits per heavy atom. The summed E-state index contributed by atoms with van der Waals surface area (Å²) in [4.78, 5) is 28.2. The third-order valence-electron chi connectivity index (χ3n) is 4.61. The number of aryl methyl sites for hydroxylation is 1. The van der Waals surface area contributed by atoms with Crippen LogP contribution in [0, 0.1) is 6.92 Å². The van der Waals surface area contributed by atoms with Crippen LogP contribution in [0.4, 0.5) is 0 Å². The monoisotopic (exact) mass is 337 g/mol. The third-order valence-corrected chi connectivity index (χ3v) is 4.61. The SMILES string of the molecule is Cc1ccc(CC(=O)N2CCN(C(=O)C3(N)CC3)CC2)cc1.Cl. The quantitative estimate of drug-likeness (QED) is 0.899. The highest BCUT2D eigenvalue weighted by Crippen LogP contribution is 2.34. The van der Waals surface area contributed by atoms with Gasteiger partial charge in [-0.3, -0.25) is 9.59 Å². The van der Waals surface area contributed by atoms with Crippen LogP contribution in [0.15, 0.2) is 24.3 Å². The van der Waals surface area contributed by atoms with Gasteiger partial charge in [-0.15, -0.1) is 12.4 Å². The number of rotatable bonds is 3. The van der Waals surface area contributed by atoms with E-state index in [0.717, 1.165) is 18.4 Å². The van der Waals surface area contributed by atoms with Crippen LogP contribution in [0.1, 0.15) is 24.0 Å². The van der Waals surface area contributed by atoms with Crippen molar-refractivity contribution in [1.29, 1.82) is 0 Å². The lowest BCUT2D eigenvalue weighted by molar-refractivity contribution is -0.140. The largest absolute Gasteiger partial charge is 0.339 e. The molecule has 1 saturated carbocycles. The van der Waals surface area contributed by atoms with Gasteiger partial charge in [-0.1, -0.05) is 29.8 Å². The first kappa shape index (κ1) is 17.8. The summed E-state index contributed by atoms with van der Waals surface area (Å²) >= 11 is 0. The molecule has 3 rings (SSSR count). The van der Waals surface area contributed by atoms with Crippen molar-refractivity contribution in [2.24, 2.45) is 5.73 Å². The first-order valence-corrected chi connectivity index (χ1v) is 7.89. The molecule has 23 heavy (non-hydrogen) atoms. The molecule has 2 amide bonds. The minimum atomic E-state index is -0.603. The Labute approximate surface area is 143 Å². The fourth-order valence-corrected chi connectivity index (χ4v) is 2.81. The van der Waals surface area contributed by atoms with Crippen molar-refractivity contribution in [3.8, 4) is 0 Å². The van der Waals surface area contributed by atoms with Gasteiger partial charge in [0.15, 0.2) is 0 Å². The van der Waals surface area contributed by atoms with Crippen LogP contribution in [0.3, 0.4) is 0 Å². The number of amides is 2. The van der Waals surface area contributed by atoms with E-state index in [4.69, 9.17) is 5.73 Å². The Hall–Kier alpha value is -1.59. The lowest BCUT2D eigenvalue weighted by atomic mass is 10.1. The molecule has 0 spiro atoms. The summed E-state index contributed by atoms with van der Waals surface area (Å²) in [5.74, 6) is 0.183. The van der Waals surface area contributed by atoms with Crippen molar-refractivity contribution in [3.05, 3.63) is 35.4 Å². The first-order valence-electron chi connectivity index (χ1n) is 7.89. The molecule has 2 fully saturated rings. The molecular weight excluding hydrogens is 314 g/mol. The zero-order valence-electron chi connectivity index (χ0n) is 13.5. The minimum absolute atomic E-state index is 0. The maximum atomic E-state index is 12.3. The number of halogens is 1. The molecule has 0 bridgehead atoms. The molecular formula is C17H24ClN3O2. The summed E-state index contributed by atoms with van der Waals surface area (Å²) in [5.41, 5.74) is 7.58. The zero-order chi connectivity index (χ0) is 15.7. The van der Waals surface area contributed by atoms with Gasteiger partial charge in [-0.25, -0.2) is 0 Å². The lowest BCUT2D eigenvalue weighted by Gasteiger charge is -2.36. The minimum Gasteiger partial charge on any atom is -0.339 e. The van der Waals surface area contributed by atoms with Gasteiger partial charge in [0.25, 0.3) is 0 Å². The number of carbonyl (C=O) groups is 2. The van der Waals surface area contributed by atoms with Gasteiger partial charge in [0.1, 0.15) is 0 Å². The Kier molecular flexibility index (Phi) is 5.32. The van der Waals surface area contributed by atoms with Crippen LogP contribution in [-0.4, -0.2) is 53.3 Å². The van der Waals surface area contributed by atoms with Gasteiger partial charge in [0.05, 0.1) is 12.0 Å². The normalized spacial score (nSPS) is 19.0. The predicted molar refractivity (Wildman–Crippen MR) is 91.4 cm³/mol. The molecule has 0 unspecified atom stereocenters. The summed E-state index contributed by atoms with van der Waals surface area (Å²) in [6, 6.07) is 8.04. The van der Waals surface area contributed by atoms with E-state index >= 15 is 0 Å². The number of hydrogen-bond donors (Lipinski definition) is 1. The summed E-state index contributed by atoms with van der Waals surface area (Å²) in [6.07, 6.45) is 2.01. The van der Waals surface area contributed by atoms with E-state index in [9.17, 15) is 9.59 Å². The summed E-state index contributed by atoms with van der Waals surface area (Å²) in [7, 11) is 0. The van der Waals surface area contributed by atoms with Gasteiger partial charge in [0.2, 0.25) is 11.8 Å². The van der Waals surface area contributed by atoms with Crippen LogP contribution in [0.2, 0.25) is 0 Å². The Bertz CT molecular complexity index is 576. The second kappa shape index (κ2) is 6.89. The topological polar surface area (TPSA) is 66.6 Å². The van der Waals surface area contributed by atoms with E-state index in [1.54, 1.807) is 0 Å². The number of nitrogens with two attached hydrogens (primary N) is 1. The Balaban J connectivity index is 0.00000192. The standard InChI is InChI=1S/C17H23N3O2.ClH/c1-13-2-4-14(5-3-13)12-15(21)19-8-10-20(11-9-19)16(22)17(18)6-7-17;/h2-5H,6-12,18H2,1H3;1H. The molecule has 5 nitrogen and oxygen atoms in total. The molecule has 6 heteroatoms. The van der Waals surface area contributed by atoms with Gasteiger partial charge in [-0.2, -0.15) is 0 Å². The van der Waals surface area contributed by atoms with Crippen LogP contribution in [0.5, 0.6) is 0 Å². The van der Waals surface area contributed by atoms with Crippen LogP contribution in [-0.2, 0) is 16.0 Å². The van der Waals surface area contributed by atoms with E-state index < -0.39 is 5.54 Å². The van der Waals surface area contributed by atoms with Crippen molar-refractivity contribution in [2.75, 3.05) is 26.2 Å². The molecule has 126 valence electrons. The van der Waals surface area contributed by atoms with Crippen molar-refractivity contribution < 1.29 is 9.59 Å². The fraction of sp³-hybridized carbons (Fsp3) is 0.529. The van der Waals surface area contributed by atoms with Crippen molar-refractivity contribution in [2.45, 2.75) is 31.7 Å². The Morgan fingerprint density at radius 1 is 1.04 bits per heavy atom. The average Bonchev–Trinajstić information content (AvgIpc) is 3.28. The van der Waals surface area contributed by atoms with E-state index in [2.05, 4.69) is 0 Å². The van der Waals surface area contributed by atoms with Crippen molar-refractivity contribution >= 4 is 24.2 Å². The highest BCUT2D eigenvalue weighted by Gasteiger charge is 2.48. The predicted octanol–water partition coefficient (Wildman–Crippen LogP) is 1.12. The molecule has 1 heterocycles. The highest BCUT2D eigenvalue weighted by atomic mass is 35.5. The van der Waals surface area contributed by atoms with E-state index in [1.807, 2.05) is 41.0 Å². The number of piperazine rings is 1. The Morgan fingerprint density at radius 3 is 2.09 bits per heavy atom. The van der Waals surface area contributed by atoms with Crippen molar-refractivity contribution in [1.82, 2.24) is 9.80 Å². The van der Waals surface area contributed by atoms with Crippen LogP contribution < -0.4 is 5.73 Å². The van der Waals surface area contributed by atoms with Crippen LogP contribution >= 0.6 is 12.4 Å². The van der Waals surface area contributed by atoms with Crippen molar-refractivity contribution in [3.63, 3.8) is 0 Å². The molecule has 2 N–H and O–H groups in total. The molecule has 1 aromatic carbocycles. The second-order valence-electron chi connectivity index (χ2n) is 6.49. The highest BCUT2D eigenvalue weighted by molar-refractivity contribution is 5.89. The zero-order valence-corrected chi connectivity index (χ0v) is 14.3. The number of nitrogens with zero attached hydrogens (tertiary/aromatic N) is 2. The number of carbonyl (C=O) groups excluding carboxylic acids is 2. The second-order valence-corrected chi connectivity index (χ2v) is 6.49. The molecule has 0 radical (unpaired) electrons. The molecule has 1 aliphatic heterocycles. The molecule has 1 aliphatic carbocycles. The van der Waals surface area contributed by atoms with Gasteiger partial charge >= 0.3 is 0 Å². The fourth-order valence-electron chi connectivity index (χ4n) is 2.81. The summed E-state index contributed by atoms with van der Waals surface area (Å²) in [6.45, 7) is 4.43. The molecule has 0 atom stereocenters. The molecule has 1 aromatic rings.